The number of carbonyl (C=O) groups is 1. The third kappa shape index (κ3) is 5.91. The van der Waals surface area contributed by atoms with Gasteiger partial charge in [-0.3, -0.25) is 9.36 Å². The monoisotopic (exact) mass is 561 g/mol. The second kappa shape index (κ2) is 11.0. The largest absolute Gasteiger partial charge is 0.489 e. The number of aromatic nitrogens is 2. The maximum absolute atomic E-state index is 13.6. The number of halogens is 1. The molecule has 190 valence electrons. The van der Waals surface area contributed by atoms with Gasteiger partial charge in [-0.2, -0.15) is 0 Å². The van der Waals surface area contributed by atoms with E-state index in [9.17, 15) is 9.59 Å². The summed E-state index contributed by atoms with van der Waals surface area (Å²) in [5.74, 6) is 0.384. The lowest BCUT2D eigenvalue weighted by molar-refractivity contribution is 0.0600. The number of anilines is 1. The van der Waals surface area contributed by atoms with Gasteiger partial charge < -0.3 is 14.8 Å². The van der Waals surface area contributed by atoms with Crippen molar-refractivity contribution in [3.8, 4) is 11.4 Å². The van der Waals surface area contributed by atoms with E-state index in [2.05, 4.69) is 26.2 Å². The average Bonchev–Trinajstić information content (AvgIpc) is 2.90. The average molecular weight is 562 g/mol. The van der Waals surface area contributed by atoms with Gasteiger partial charge in [0, 0.05) is 11.8 Å². The molecule has 0 amide bonds. The Hall–Kier alpha value is -3.91. The van der Waals surface area contributed by atoms with Gasteiger partial charge in [0.1, 0.15) is 17.0 Å². The van der Waals surface area contributed by atoms with Crippen LogP contribution in [0.25, 0.3) is 5.69 Å². The van der Waals surface area contributed by atoms with E-state index in [0.29, 0.717) is 28.2 Å². The number of hydrogen-bond acceptors (Lipinski definition) is 6. The molecule has 0 saturated carbocycles. The number of esters is 1. The zero-order chi connectivity index (χ0) is 26.6. The number of carbonyl (C=O) groups excluding carboxylic acids is 1. The van der Waals surface area contributed by atoms with E-state index in [-0.39, 0.29) is 11.4 Å². The lowest BCUT2D eigenvalue weighted by Gasteiger charge is -2.29. The van der Waals surface area contributed by atoms with Gasteiger partial charge >= 0.3 is 5.97 Å². The van der Waals surface area contributed by atoms with Crippen LogP contribution in [0.1, 0.15) is 40.9 Å². The molecule has 1 aromatic heterocycles. The summed E-state index contributed by atoms with van der Waals surface area (Å²) in [5, 5.41) is 3.31. The Kier molecular flexibility index (Phi) is 7.78. The Morgan fingerprint density at radius 3 is 2.49 bits per heavy atom. The zero-order valence-corrected chi connectivity index (χ0v) is 22.7. The summed E-state index contributed by atoms with van der Waals surface area (Å²) in [7, 11) is 1.32. The smallest absolute Gasteiger partial charge is 0.337 e. The molecule has 37 heavy (non-hydrogen) atoms. The Balaban J connectivity index is 1.69. The molecule has 0 aliphatic rings. The van der Waals surface area contributed by atoms with Crippen molar-refractivity contribution >= 4 is 27.7 Å². The summed E-state index contributed by atoms with van der Waals surface area (Å²) >= 11 is 3.43. The van der Waals surface area contributed by atoms with Gasteiger partial charge in [-0.15, -0.1) is 0 Å². The van der Waals surface area contributed by atoms with Gasteiger partial charge in [-0.05, 0) is 66.0 Å². The molecule has 8 heteroatoms. The third-order valence-corrected chi connectivity index (χ3v) is 6.38. The number of rotatable bonds is 8. The molecule has 0 fully saturated rings. The highest BCUT2D eigenvalue weighted by Gasteiger charge is 2.27. The third-order valence-electron chi connectivity index (χ3n) is 5.99. The number of methoxy groups -OCH3 is 1. The van der Waals surface area contributed by atoms with Crippen LogP contribution in [0.15, 0.2) is 88.4 Å². The predicted molar refractivity (Wildman–Crippen MR) is 147 cm³/mol. The molecule has 7 nitrogen and oxygen atoms in total. The maximum atomic E-state index is 13.6. The van der Waals surface area contributed by atoms with Crippen LogP contribution in [-0.2, 0) is 16.9 Å². The number of ether oxygens (including phenoxy) is 2. The van der Waals surface area contributed by atoms with Gasteiger partial charge in [0.25, 0.3) is 5.56 Å². The van der Waals surface area contributed by atoms with Gasteiger partial charge in [0.05, 0.1) is 23.9 Å². The van der Waals surface area contributed by atoms with Crippen molar-refractivity contribution in [2.75, 3.05) is 12.4 Å². The highest BCUT2D eigenvalue weighted by atomic mass is 79.9. The Morgan fingerprint density at radius 2 is 1.76 bits per heavy atom. The molecule has 1 N–H and O–H groups in total. The Labute approximate surface area is 224 Å². The molecule has 4 rings (SSSR count). The highest BCUT2D eigenvalue weighted by Crippen LogP contribution is 2.32. The van der Waals surface area contributed by atoms with Gasteiger partial charge in [0.2, 0.25) is 0 Å². The molecule has 0 radical (unpaired) electrons. The molecule has 0 atom stereocenters. The number of aryl methyl sites for hydroxylation is 1. The summed E-state index contributed by atoms with van der Waals surface area (Å²) in [6.45, 7) is 6.22. The minimum Gasteiger partial charge on any atom is -0.489 e. The van der Waals surface area contributed by atoms with E-state index in [1.807, 2.05) is 75.4 Å². The van der Waals surface area contributed by atoms with Crippen molar-refractivity contribution in [2.45, 2.75) is 32.9 Å². The number of hydrogen-bond donors (Lipinski definition) is 1. The molecule has 4 aromatic rings. The summed E-state index contributed by atoms with van der Waals surface area (Å²) in [6.07, 6.45) is 1.58. The molecule has 0 bridgehead atoms. The minimum absolute atomic E-state index is 0.153. The van der Waals surface area contributed by atoms with Crippen molar-refractivity contribution in [3.63, 3.8) is 0 Å². The first-order valence-corrected chi connectivity index (χ1v) is 12.5. The van der Waals surface area contributed by atoms with Crippen LogP contribution in [0.5, 0.6) is 5.75 Å². The number of nitrogens with one attached hydrogen (secondary N) is 1. The summed E-state index contributed by atoms with van der Waals surface area (Å²) in [5.41, 5.74) is 2.60. The molecular formula is C29H28BrN3O4. The zero-order valence-electron chi connectivity index (χ0n) is 21.1. The van der Waals surface area contributed by atoms with Crippen LogP contribution in [0, 0.1) is 6.92 Å². The van der Waals surface area contributed by atoms with E-state index in [0.717, 1.165) is 16.7 Å². The summed E-state index contributed by atoms with van der Waals surface area (Å²) in [6, 6.07) is 22.7. The van der Waals surface area contributed by atoms with Crippen LogP contribution in [-0.4, -0.2) is 22.6 Å². The van der Waals surface area contributed by atoms with Crippen molar-refractivity contribution in [3.05, 3.63) is 116 Å². The molecule has 0 saturated heterocycles. The number of benzene rings is 3. The second-order valence-corrected chi connectivity index (χ2v) is 9.91. The molecule has 0 aliphatic carbocycles. The fourth-order valence-corrected chi connectivity index (χ4v) is 4.43. The molecule has 3 aromatic carbocycles. The van der Waals surface area contributed by atoms with Crippen molar-refractivity contribution in [2.24, 2.45) is 0 Å². The van der Waals surface area contributed by atoms with Gasteiger partial charge in [0.15, 0.2) is 5.82 Å². The second-order valence-electron chi connectivity index (χ2n) is 9.10. The normalized spacial score (nSPS) is 11.2. The van der Waals surface area contributed by atoms with Crippen LogP contribution in [0.3, 0.4) is 0 Å². The molecule has 0 spiro atoms. The first-order valence-electron chi connectivity index (χ1n) is 11.7. The first kappa shape index (κ1) is 26.2. The van der Waals surface area contributed by atoms with E-state index < -0.39 is 11.5 Å². The topological polar surface area (TPSA) is 82.5 Å². The van der Waals surface area contributed by atoms with Crippen LogP contribution in [0.4, 0.5) is 5.82 Å². The Bertz CT molecular complexity index is 1480. The first-order chi connectivity index (χ1) is 17.7. The Morgan fingerprint density at radius 1 is 1.05 bits per heavy atom. The lowest BCUT2D eigenvalue weighted by atomic mass is 9.93. The van der Waals surface area contributed by atoms with Crippen LogP contribution >= 0.6 is 15.9 Å². The van der Waals surface area contributed by atoms with Gasteiger partial charge in [-0.25, -0.2) is 9.78 Å². The van der Waals surface area contributed by atoms with Gasteiger partial charge in [-0.1, -0.05) is 54.6 Å². The number of nitrogens with zero attached hydrogens (tertiary/aromatic N) is 2. The van der Waals surface area contributed by atoms with Crippen molar-refractivity contribution in [1.82, 2.24) is 9.55 Å². The van der Waals surface area contributed by atoms with E-state index in [1.165, 1.54) is 11.7 Å². The molecule has 1 heterocycles. The highest BCUT2D eigenvalue weighted by molar-refractivity contribution is 9.10. The van der Waals surface area contributed by atoms with Crippen molar-refractivity contribution < 1.29 is 14.3 Å². The quantitative estimate of drug-likeness (QED) is 0.265. The molecular weight excluding hydrogens is 534 g/mol. The summed E-state index contributed by atoms with van der Waals surface area (Å²) in [4.78, 5) is 30.1. The minimum atomic E-state index is -0.707. The molecule has 0 aliphatic heterocycles. The van der Waals surface area contributed by atoms with Crippen molar-refractivity contribution in [1.29, 1.82) is 0 Å². The predicted octanol–water partition coefficient (Wildman–Crippen LogP) is 6.02. The maximum Gasteiger partial charge on any atom is 0.337 e. The fraction of sp³-hybridized carbons (Fsp3) is 0.207. The SMILES string of the molecule is COC(=O)c1ccc(C)c(-n2cc(Br)nc(NC(C)(C)c3ccccc3OCc3ccccc3)c2=O)c1. The molecule has 0 unspecified atom stereocenters. The lowest BCUT2D eigenvalue weighted by Crippen LogP contribution is -2.34. The van der Waals surface area contributed by atoms with E-state index in [1.54, 1.807) is 24.4 Å². The standard InChI is InChI=1S/C29H28BrN3O4/c1-19-14-15-21(28(35)36-4)16-23(19)33-17-25(30)31-26(27(33)34)32-29(2,3)22-12-8-9-13-24(22)37-18-20-10-6-5-7-11-20/h5-17H,18H2,1-4H3,(H,31,32). The van der Waals surface area contributed by atoms with Crippen LogP contribution in [0.2, 0.25) is 0 Å². The van der Waals surface area contributed by atoms with E-state index in [4.69, 9.17) is 9.47 Å². The number of para-hydroxylation sites is 1. The van der Waals surface area contributed by atoms with Crippen LogP contribution < -0.4 is 15.6 Å². The van der Waals surface area contributed by atoms with E-state index >= 15 is 0 Å². The summed E-state index contributed by atoms with van der Waals surface area (Å²) < 4.78 is 12.9. The fourth-order valence-electron chi connectivity index (χ4n) is 4.04.